The van der Waals surface area contributed by atoms with Crippen LogP contribution in [0.15, 0.2) is 72.7 Å². The Bertz CT molecular complexity index is 816. The molecule has 4 unspecified atom stereocenters. The van der Waals surface area contributed by atoms with E-state index in [1.165, 1.54) is 0 Å². The first-order valence-electron chi connectivity index (χ1n) is 9.24. The SMILES string of the molecule is CN1C(=CO)C2C(O)C(C1=CO)C(c1ccccn1)N(C)C2c1ccccn1. The highest BCUT2D eigenvalue weighted by molar-refractivity contribution is 5.33. The fourth-order valence-corrected chi connectivity index (χ4v) is 4.78. The van der Waals surface area contributed by atoms with Gasteiger partial charge in [-0.15, -0.1) is 0 Å². The zero-order chi connectivity index (χ0) is 19.8. The molecule has 7 nitrogen and oxygen atoms in total. The highest BCUT2D eigenvalue weighted by Crippen LogP contribution is 2.55. The maximum absolute atomic E-state index is 11.4. The molecule has 0 aromatic carbocycles. The second-order valence-corrected chi connectivity index (χ2v) is 7.27. The molecule has 4 atom stereocenters. The summed E-state index contributed by atoms with van der Waals surface area (Å²) in [5.74, 6) is -0.827. The summed E-state index contributed by atoms with van der Waals surface area (Å²) >= 11 is 0. The second kappa shape index (κ2) is 7.26. The van der Waals surface area contributed by atoms with E-state index in [4.69, 9.17) is 0 Å². The Morgan fingerprint density at radius 1 is 0.821 bits per heavy atom. The minimum atomic E-state index is -0.830. The lowest BCUT2D eigenvalue weighted by atomic mass is 9.68. The number of fused-ring (bicyclic) bond motifs is 2. The Labute approximate surface area is 163 Å². The lowest BCUT2D eigenvalue weighted by Gasteiger charge is -2.57. The molecule has 2 bridgehead atoms. The minimum absolute atomic E-state index is 0.277. The summed E-state index contributed by atoms with van der Waals surface area (Å²) in [6.45, 7) is 0. The zero-order valence-corrected chi connectivity index (χ0v) is 15.8. The number of aliphatic hydroxyl groups excluding tert-OH is 3. The summed E-state index contributed by atoms with van der Waals surface area (Å²) in [6.07, 6.45) is 4.65. The Balaban J connectivity index is 1.93. The molecule has 3 N–H and O–H groups in total. The van der Waals surface area contributed by atoms with Crippen molar-refractivity contribution in [1.29, 1.82) is 0 Å². The van der Waals surface area contributed by atoms with Crippen molar-refractivity contribution in [2.45, 2.75) is 18.2 Å². The van der Waals surface area contributed by atoms with Crippen LogP contribution in [0.5, 0.6) is 0 Å². The molecule has 4 heterocycles. The maximum atomic E-state index is 11.4. The van der Waals surface area contributed by atoms with Crippen LogP contribution in [0.1, 0.15) is 23.5 Å². The van der Waals surface area contributed by atoms with Gasteiger partial charge in [0, 0.05) is 19.4 Å². The fourth-order valence-electron chi connectivity index (χ4n) is 4.78. The molecule has 0 spiro atoms. The van der Waals surface area contributed by atoms with Gasteiger partial charge in [0.2, 0.25) is 0 Å². The van der Waals surface area contributed by atoms with E-state index in [-0.39, 0.29) is 12.1 Å². The molecule has 0 saturated carbocycles. The molecule has 2 aliphatic rings. The van der Waals surface area contributed by atoms with E-state index < -0.39 is 17.9 Å². The molecule has 2 aliphatic heterocycles. The van der Waals surface area contributed by atoms with Crippen molar-refractivity contribution in [2.75, 3.05) is 14.1 Å². The highest BCUT2D eigenvalue weighted by atomic mass is 16.3. The monoisotopic (exact) mass is 380 g/mol. The second-order valence-electron chi connectivity index (χ2n) is 7.27. The summed E-state index contributed by atoms with van der Waals surface area (Å²) in [6, 6.07) is 10.8. The van der Waals surface area contributed by atoms with E-state index in [0.717, 1.165) is 23.9 Å². The molecule has 28 heavy (non-hydrogen) atoms. The van der Waals surface area contributed by atoms with Crippen LogP contribution >= 0.6 is 0 Å². The van der Waals surface area contributed by atoms with Gasteiger partial charge in [-0.3, -0.25) is 14.9 Å². The molecule has 2 saturated heterocycles. The van der Waals surface area contributed by atoms with E-state index in [2.05, 4.69) is 14.9 Å². The molecule has 2 fully saturated rings. The van der Waals surface area contributed by atoms with Crippen molar-refractivity contribution < 1.29 is 15.3 Å². The maximum Gasteiger partial charge on any atom is 0.0990 e. The van der Waals surface area contributed by atoms with Gasteiger partial charge in [0.15, 0.2) is 0 Å². The van der Waals surface area contributed by atoms with Gasteiger partial charge in [0.1, 0.15) is 0 Å². The number of aromatic nitrogens is 2. The fraction of sp³-hybridized carbons (Fsp3) is 0.333. The van der Waals surface area contributed by atoms with Crippen LogP contribution < -0.4 is 0 Å². The quantitative estimate of drug-likeness (QED) is 0.690. The molecular weight excluding hydrogens is 356 g/mol. The van der Waals surface area contributed by atoms with Gasteiger partial charge < -0.3 is 20.2 Å². The van der Waals surface area contributed by atoms with Crippen LogP contribution in [0, 0.1) is 11.8 Å². The van der Waals surface area contributed by atoms with Crippen molar-refractivity contribution in [3.63, 3.8) is 0 Å². The smallest absolute Gasteiger partial charge is 0.0990 e. The third kappa shape index (κ3) is 2.66. The minimum Gasteiger partial charge on any atom is -0.514 e. The predicted molar refractivity (Wildman–Crippen MR) is 104 cm³/mol. The molecule has 4 rings (SSSR count). The first kappa shape index (κ1) is 18.5. The molecule has 0 amide bonds. The number of hydrogen-bond acceptors (Lipinski definition) is 7. The number of pyridine rings is 2. The molecular formula is C21H24N4O3. The van der Waals surface area contributed by atoms with E-state index in [0.29, 0.717) is 11.4 Å². The van der Waals surface area contributed by atoms with Crippen molar-refractivity contribution in [3.05, 3.63) is 84.1 Å². The summed E-state index contributed by atoms with van der Waals surface area (Å²) in [7, 11) is 3.76. The molecule has 2 aromatic rings. The number of rotatable bonds is 2. The van der Waals surface area contributed by atoms with Crippen molar-refractivity contribution in [3.8, 4) is 0 Å². The summed E-state index contributed by atoms with van der Waals surface area (Å²) in [5.41, 5.74) is 2.67. The van der Waals surface area contributed by atoms with Gasteiger partial charge in [-0.25, -0.2) is 0 Å². The lowest BCUT2D eigenvalue weighted by molar-refractivity contribution is -0.0953. The Morgan fingerprint density at radius 2 is 1.29 bits per heavy atom. The van der Waals surface area contributed by atoms with Gasteiger partial charge >= 0.3 is 0 Å². The van der Waals surface area contributed by atoms with E-state index in [1.807, 2.05) is 43.4 Å². The average molecular weight is 380 g/mol. The van der Waals surface area contributed by atoms with Crippen LogP contribution in [-0.4, -0.2) is 55.3 Å². The van der Waals surface area contributed by atoms with Crippen LogP contribution in [0.25, 0.3) is 0 Å². The molecule has 0 radical (unpaired) electrons. The first-order chi connectivity index (χ1) is 13.6. The van der Waals surface area contributed by atoms with Gasteiger partial charge in [-0.1, -0.05) is 12.1 Å². The van der Waals surface area contributed by atoms with E-state index in [9.17, 15) is 15.3 Å². The predicted octanol–water partition coefficient (Wildman–Crippen LogP) is 2.54. The highest BCUT2D eigenvalue weighted by Gasteiger charge is 2.56. The van der Waals surface area contributed by atoms with Crippen LogP contribution in [0.4, 0.5) is 0 Å². The summed E-state index contributed by atoms with van der Waals surface area (Å²) in [4.78, 5) is 12.9. The number of piperidine rings is 2. The van der Waals surface area contributed by atoms with E-state index >= 15 is 0 Å². The van der Waals surface area contributed by atoms with E-state index in [1.54, 1.807) is 24.3 Å². The first-order valence-corrected chi connectivity index (χ1v) is 9.24. The molecule has 7 heteroatoms. The van der Waals surface area contributed by atoms with Crippen molar-refractivity contribution in [2.24, 2.45) is 11.8 Å². The number of likely N-dealkylation sites (tertiary alicyclic amines) is 2. The number of nitrogens with zero attached hydrogens (tertiary/aromatic N) is 4. The van der Waals surface area contributed by atoms with Gasteiger partial charge in [0.25, 0.3) is 0 Å². The van der Waals surface area contributed by atoms with Gasteiger partial charge in [0.05, 0.1) is 65.3 Å². The molecule has 2 aromatic heterocycles. The van der Waals surface area contributed by atoms with Crippen LogP contribution in [0.2, 0.25) is 0 Å². The average Bonchev–Trinajstić information content (AvgIpc) is 2.72. The zero-order valence-electron chi connectivity index (χ0n) is 15.8. The van der Waals surface area contributed by atoms with Crippen LogP contribution in [0.3, 0.4) is 0 Å². The summed E-state index contributed by atoms with van der Waals surface area (Å²) < 4.78 is 0. The Hall–Kier alpha value is -2.90. The van der Waals surface area contributed by atoms with Crippen LogP contribution in [-0.2, 0) is 0 Å². The largest absolute Gasteiger partial charge is 0.514 e. The Morgan fingerprint density at radius 3 is 1.64 bits per heavy atom. The topological polar surface area (TPSA) is 93.0 Å². The third-order valence-corrected chi connectivity index (χ3v) is 6.00. The van der Waals surface area contributed by atoms with Gasteiger partial charge in [-0.05, 0) is 31.3 Å². The third-order valence-electron chi connectivity index (χ3n) is 6.00. The lowest BCUT2D eigenvalue weighted by Crippen LogP contribution is -2.59. The summed E-state index contributed by atoms with van der Waals surface area (Å²) in [5, 5.41) is 31.3. The molecule has 0 aliphatic carbocycles. The van der Waals surface area contributed by atoms with Crippen molar-refractivity contribution in [1.82, 2.24) is 19.8 Å². The van der Waals surface area contributed by atoms with Crippen molar-refractivity contribution >= 4 is 0 Å². The number of aliphatic hydroxyl groups is 3. The molecule has 146 valence electrons. The Kier molecular flexibility index (Phi) is 4.78. The number of hydrogen-bond donors (Lipinski definition) is 3. The standard InChI is InChI=1S/C21H24N4O3/c1-24-15(11-26)17-19(13-7-3-5-9-22-13)25(2)20(14-8-4-6-10-23-14)18(21(17)28)16(24)12-27/h3-12,17-21,26-28H,1-2H3. The normalized spacial score (nSPS) is 33.4. The van der Waals surface area contributed by atoms with Gasteiger partial charge in [-0.2, -0.15) is 0 Å².